The second-order valence-electron chi connectivity index (χ2n) is 3.64. The molecule has 11 heavy (non-hydrogen) atoms. The van der Waals surface area contributed by atoms with Gasteiger partial charge >= 0.3 is 0 Å². The Balaban J connectivity index is 3.82. The molecule has 0 unspecified atom stereocenters. The van der Waals surface area contributed by atoms with E-state index in [0.29, 0.717) is 17.8 Å². The van der Waals surface area contributed by atoms with Crippen LogP contribution in [0, 0.1) is 29.2 Å². The van der Waals surface area contributed by atoms with Gasteiger partial charge in [-0.15, -0.1) is 0 Å². The SMILES string of the molecule is CC(C)C(CNC#N)C(C)C. The Morgan fingerprint density at radius 3 is 1.91 bits per heavy atom. The molecule has 0 saturated carbocycles. The Morgan fingerprint density at radius 2 is 1.64 bits per heavy atom. The minimum absolute atomic E-state index is 0.606. The molecule has 0 aliphatic heterocycles. The Hall–Kier alpha value is -0.710. The number of hydrogen-bond acceptors (Lipinski definition) is 2. The zero-order valence-corrected chi connectivity index (χ0v) is 7.89. The lowest BCUT2D eigenvalue weighted by atomic mass is 9.86. The lowest BCUT2D eigenvalue weighted by Gasteiger charge is -2.23. The molecule has 2 nitrogen and oxygen atoms in total. The Kier molecular flexibility index (Phi) is 4.69. The third-order valence-corrected chi connectivity index (χ3v) is 2.13. The maximum Gasteiger partial charge on any atom is 0.176 e. The first-order valence-electron chi connectivity index (χ1n) is 4.21. The van der Waals surface area contributed by atoms with Gasteiger partial charge in [0.25, 0.3) is 0 Å². The van der Waals surface area contributed by atoms with Crippen LogP contribution in [0.15, 0.2) is 0 Å². The smallest absolute Gasteiger partial charge is 0.176 e. The second-order valence-corrected chi connectivity index (χ2v) is 3.64. The molecule has 1 N–H and O–H groups in total. The van der Waals surface area contributed by atoms with Crippen LogP contribution < -0.4 is 5.32 Å². The van der Waals surface area contributed by atoms with E-state index in [2.05, 4.69) is 33.0 Å². The molecule has 0 aliphatic rings. The van der Waals surface area contributed by atoms with Crippen LogP contribution in [0.2, 0.25) is 0 Å². The van der Waals surface area contributed by atoms with Crippen LogP contribution in [0.5, 0.6) is 0 Å². The molecule has 0 amide bonds. The Morgan fingerprint density at radius 1 is 1.18 bits per heavy atom. The first kappa shape index (κ1) is 10.3. The largest absolute Gasteiger partial charge is 0.324 e. The van der Waals surface area contributed by atoms with Crippen LogP contribution in [0.4, 0.5) is 0 Å². The van der Waals surface area contributed by atoms with Crippen LogP contribution in [0.1, 0.15) is 27.7 Å². The Labute approximate surface area is 69.6 Å². The van der Waals surface area contributed by atoms with E-state index in [1.165, 1.54) is 0 Å². The van der Waals surface area contributed by atoms with E-state index >= 15 is 0 Å². The number of hydrogen-bond donors (Lipinski definition) is 1. The second kappa shape index (κ2) is 5.01. The minimum Gasteiger partial charge on any atom is -0.324 e. The summed E-state index contributed by atoms with van der Waals surface area (Å²) in [6.45, 7) is 9.60. The summed E-state index contributed by atoms with van der Waals surface area (Å²) in [5.74, 6) is 1.90. The first-order chi connectivity index (χ1) is 5.09. The molecular formula is C9H18N2. The van der Waals surface area contributed by atoms with Crippen LogP contribution >= 0.6 is 0 Å². The van der Waals surface area contributed by atoms with E-state index in [0.717, 1.165) is 6.54 Å². The van der Waals surface area contributed by atoms with Crippen molar-refractivity contribution in [3.8, 4) is 6.19 Å². The number of nitriles is 1. The summed E-state index contributed by atoms with van der Waals surface area (Å²) in [7, 11) is 0. The van der Waals surface area contributed by atoms with Crippen molar-refractivity contribution >= 4 is 0 Å². The highest BCUT2D eigenvalue weighted by molar-refractivity contribution is 4.74. The third-order valence-electron chi connectivity index (χ3n) is 2.13. The summed E-state index contributed by atoms with van der Waals surface area (Å²) < 4.78 is 0. The summed E-state index contributed by atoms with van der Waals surface area (Å²) in [6, 6.07) is 0. The van der Waals surface area contributed by atoms with Crippen LogP contribution in [-0.2, 0) is 0 Å². The first-order valence-corrected chi connectivity index (χ1v) is 4.21. The van der Waals surface area contributed by atoms with E-state index in [-0.39, 0.29) is 0 Å². The summed E-state index contributed by atoms with van der Waals surface area (Å²) in [5, 5.41) is 11.0. The van der Waals surface area contributed by atoms with Crippen molar-refractivity contribution in [2.24, 2.45) is 17.8 Å². The predicted molar refractivity (Wildman–Crippen MR) is 46.8 cm³/mol. The summed E-state index contributed by atoms with van der Waals surface area (Å²) >= 11 is 0. The van der Waals surface area contributed by atoms with Crippen molar-refractivity contribution in [2.45, 2.75) is 27.7 Å². The van der Waals surface area contributed by atoms with Gasteiger partial charge in [-0.1, -0.05) is 27.7 Å². The van der Waals surface area contributed by atoms with Crippen LogP contribution in [0.25, 0.3) is 0 Å². The molecule has 0 atom stereocenters. The van der Waals surface area contributed by atoms with Crippen molar-refractivity contribution < 1.29 is 0 Å². The molecular weight excluding hydrogens is 136 g/mol. The number of nitrogens with one attached hydrogen (secondary N) is 1. The molecule has 0 fully saturated rings. The van der Waals surface area contributed by atoms with Gasteiger partial charge in [0, 0.05) is 6.54 Å². The van der Waals surface area contributed by atoms with Gasteiger partial charge in [-0.25, -0.2) is 0 Å². The lowest BCUT2D eigenvalue weighted by molar-refractivity contribution is 0.286. The van der Waals surface area contributed by atoms with Crippen molar-refractivity contribution in [3.63, 3.8) is 0 Å². The van der Waals surface area contributed by atoms with Crippen molar-refractivity contribution in [3.05, 3.63) is 0 Å². The quantitative estimate of drug-likeness (QED) is 0.496. The number of nitrogens with zero attached hydrogens (tertiary/aromatic N) is 1. The van der Waals surface area contributed by atoms with E-state index < -0.39 is 0 Å². The molecule has 0 aromatic rings. The molecule has 0 bridgehead atoms. The molecule has 0 heterocycles. The zero-order chi connectivity index (χ0) is 8.85. The monoisotopic (exact) mass is 154 g/mol. The maximum atomic E-state index is 8.32. The Bertz CT molecular complexity index is 125. The van der Waals surface area contributed by atoms with Crippen LogP contribution in [0.3, 0.4) is 0 Å². The standard InChI is InChI=1S/C9H18N2/c1-7(2)9(8(3)4)5-11-6-10/h7-9,11H,5H2,1-4H3. The predicted octanol–water partition coefficient (Wildman–Crippen LogP) is 1.99. The van der Waals surface area contributed by atoms with Gasteiger partial charge in [0.2, 0.25) is 0 Å². The summed E-state index contributed by atoms with van der Waals surface area (Å²) in [5.41, 5.74) is 0. The molecule has 0 rings (SSSR count). The molecule has 0 spiro atoms. The van der Waals surface area contributed by atoms with E-state index in [1.54, 1.807) is 0 Å². The highest BCUT2D eigenvalue weighted by Crippen LogP contribution is 2.18. The molecule has 0 radical (unpaired) electrons. The van der Waals surface area contributed by atoms with Crippen molar-refractivity contribution in [1.82, 2.24) is 5.32 Å². The zero-order valence-electron chi connectivity index (χ0n) is 7.89. The van der Waals surface area contributed by atoms with E-state index in [1.807, 2.05) is 6.19 Å². The van der Waals surface area contributed by atoms with Crippen LogP contribution in [-0.4, -0.2) is 6.54 Å². The lowest BCUT2D eigenvalue weighted by Crippen LogP contribution is -2.27. The fourth-order valence-corrected chi connectivity index (χ4v) is 1.40. The summed E-state index contributed by atoms with van der Waals surface area (Å²) in [4.78, 5) is 0. The van der Waals surface area contributed by atoms with Gasteiger partial charge in [0.15, 0.2) is 6.19 Å². The fraction of sp³-hybridized carbons (Fsp3) is 0.889. The van der Waals surface area contributed by atoms with Gasteiger partial charge in [-0.3, -0.25) is 0 Å². The molecule has 0 aromatic carbocycles. The number of rotatable bonds is 4. The average molecular weight is 154 g/mol. The topological polar surface area (TPSA) is 35.8 Å². The highest BCUT2D eigenvalue weighted by Gasteiger charge is 2.16. The average Bonchev–Trinajstić information content (AvgIpc) is 1.87. The fourth-order valence-electron chi connectivity index (χ4n) is 1.40. The molecule has 0 aromatic heterocycles. The van der Waals surface area contributed by atoms with Gasteiger partial charge < -0.3 is 5.32 Å². The van der Waals surface area contributed by atoms with Gasteiger partial charge in [-0.05, 0) is 17.8 Å². The normalized spacial score (nSPS) is 10.7. The van der Waals surface area contributed by atoms with Gasteiger partial charge in [0.1, 0.15) is 0 Å². The molecule has 2 heteroatoms. The van der Waals surface area contributed by atoms with Crippen molar-refractivity contribution in [2.75, 3.05) is 6.54 Å². The highest BCUT2D eigenvalue weighted by atomic mass is 14.9. The maximum absolute atomic E-state index is 8.32. The molecule has 64 valence electrons. The summed E-state index contributed by atoms with van der Waals surface area (Å²) in [6.07, 6.45) is 1.96. The van der Waals surface area contributed by atoms with Gasteiger partial charge in [-0.2, -0.15) is 5.26 Å². The van der Waals surface area contributed by atoms with Gasteiger partial charge in [0.05, 0.1) is 0 Å². The molecule has 0 aliphatic carbocycles. The third kappa shape index (κ3) is 3.87. The van der Waals surface area contributed by atoms with Crippen molar-refractivity contribution in [1.29, 1.82) is 5.26 Å². The van der Waals surface area contributed by atoms with E-state index in [4.69, 9.17) is 5.26 Å². The minimum atomic E-state index is 0.606. The molecule has 0 saturated heterocycles. The van der Waals surface area contributed by atoms with E-state index in [9.17, 15) is 0 Å².